The first kappa shape index (κ1) is 14.9. The number of rotatable bonds is 6. The molecular weight excluding hydrogens is 279 g/mol. The lowest BCUT2D eigenvalue weighted by molar-refractivity contribution is -0.387. The van der Waals surface area contributed by atoms with Gasteiger partial charge >= 0.3 is 11.7 Å². The Bertz CT molecular complexity index is 523. The van der Waals surface area contributed by atoms with E-state index in [1.165, 1.54) is 6.07 Å². The molecule has 1 aromatic rings. The molecule has 0 aliphatic rings. The fraction of sp³-hybridized carbons (Fsp3) is 0.200. The molecule has 2 N–H and O–H groups in total. The molecule has 0 unspecified atom stereocenters. The summed E-state index contributed by atoms with van der Waals surface area (Å²) in [7, 11) is 0. The van der Waals surface area contributed by atoms with Crippen molar-refractivity contribution in [3.63, 3.8) is 0 Å². The van der Waals surface area contributed by atoms with Crippen LogP contribution < -0.4 is 5.32 Å². The molecule has 1 rings (SSSR count). The summed E-state index contributed by atoms with van der Waals surface area (Å²) >= 11 is 0.887. The van der Waals surface area contributed by atoms with Crippen LogP contribution >= 0.6 is 11.8 Å². The van der Waals surface area contributed by atoms with Crippen molar-refractivity contribution in [1.29, 1.82) is 0 Å². The Morgan fingerprint density at radius 2 is 2.11 bits per heavy atom. The van der Waals surface area contributed by atoms with Gasteiger partial charge < -0.3 is 10.4 Å². The molecular formula is C10H9FN2O5S. The van der Waals surface area contributed by atoms with E-state index in [2.05, 4.69) is 5.32 Å². The number of nitro groups is 1. The largest absolute Gasteiger partial charge is 0.481 e. The van der Waals surface area contributed by atoms with Gasteiger partial charge in [-0.25, -0.2) is 0 Å². The number of anilines is 1. The van der Waals surface area contributed by atoms with E-state index in [0.29, 0.717) is 0 Å². The highest BCUT2D eigenvalue weighted by molar-refractivity contribution is 8.00. The Balaban J connectivity index is 2.58. The number of thioether (sulfide) groups is 1. The Hall–Kier alpha value is -2.16. The Kier molecular flexibility index (Phi) is 5.24. The van der Waals surface area contributed by atoms with Crippen molar-refractivity contribution >= 4 is 35.0 Å². The van der Waals surface area contributed by atoms with Crippen LogP contribution in [0.15, 0.2) is 18.2 Å². The average Bonchev–Trinajstić information content (AvgIpc) is 2.27. The second-order valence-electron chi connectivity index (χ2n) is 3.36. The van der Waals surface area contributed by atoms with Gasteiger partial charge in [0.15, 0.2) is 0 Å². The molecule has 0 saturated carbocycles. The lowest BCUT2D eigenvalue weighted by Gasteiger charge is -2.04. The summed E-state index contributed by atoms with van der Waals surface area (Å²) in [5.74, 6) is -2.94. The number of nitrogens with zero attached hydrogens (tertiary/aromatic N) is 1. The van der Waals surface area contributed by atoms with E-state index in [4.69, 9.17) is 5.11 Å². The molecule has 0 aliphatic heterocycles. The number of halogens is 1. The molecule has 9 heteroatoms. The van der Waals surface area contributed by atoms with Crippen LogP contribution in [0.3, 0.4) is 0 Å². The lowest BCUT2D eigenvalue weighted by Crippen LogP contribution is -2.15. The van der Waals surface area contributed by atoms with Gasteiger partial charge in [-0.1, -0.05) is 0 Å². The maximum absolute atomic E-state index is 13.2. The van der Waals surface area contributed by atoms with Crippen molar-refractivity contribution in [2.75, 3.05) is 16.8 Å². The SMILES string of the molecule is O=C(O)CSCC(=O)Nc1ccc([N+](=O)[O-])c(F)c1. The maximum Gasteiger partial charge on any atom is 0.313 e. The van der Waals surface area contributed by atoms with Gasteiger partial charge in [0.05, 0.1) is 16.4 Å². The summed E-state index contributed by atoms with van der Waals surface area (Å²) in [6, 6.07) is 2.97. The van der Waals surface area contributed by atoms with Crippen molar-refractivity contribution in [1.82, 2.24) is 0 Å². The molecule has 102 valence electrons. The van der Waals surface area contributed by atoms with Gasteiger partial charge in [-0.2, -0.15) is 4.39 Å². The number of hydrogen-bond acceptors (Lipinski definition) is 5. The molecule has 0 atom stereocenters. The van der Waals surface area contributed by atoms with E-state index in [-0.39, 0.29) is 17.2 Å². The van der Waals surface area contributed by atoms with Crippen LogP contribution in [0.1, 0.15) is 0 Å². The molecule has 1 aromatic carbocycles. The number of carboxylic acids is 1. The predicted molar refractivity (Wildman–Crippen MR) is 66.6 cm³/mol. The highest BCUT2D eigenvalue weighted by atomic mass is 32.2. The van der Waals surface area contributed by atoms with Crippen LogP contribution in [0.5, 0.6) is 0 Å². The molecule has 7 nitrogen and oxygen atoms in total. The predicted octanol–water partition coefficient (Wildman–Crippen LogP) is 1.49. The van der Waals surface area contributed by atoms with Gasteiger partial charge in [-0.05, 0) is 6.07 Å². The van der Waals surface area contributed by atoms with Crippen LogP contribution in [-0.2, 0) is 9.59 Å². The second-order valence-corrected chi connectivity index (χ2v) is 4.34. The highest BCUT2D eigenvalue weighted by Gasteiger charge is 2.14. The summed E-state index contributed by atoms with van der Waals surface area (Å²) < 4.78 is 13.2. The molecule has 0 bridgehead atoms. The van der Waals surface area contributed by atoms with E-state index in [0.717, 1.165) is 23.9 Å². The Morgan fingerprint density at radius 1 is 1.42 bits per heavy atom. The number of nitro benzene ring substituents is 1. The van der Waals surface area contributed by atoms with Gasteiger partial charge in [-0.15, -0.1) is 11.8 Å². The van der Waals surface area contributed by atoms with E-state index < -0.39 is 28.3 Å². The Labute approximate surface area is 110 Å². The first-order valence-corrected chi connectivity index (χ1v) is 6.09. The van der Waals surface area contributed by atoms with E-state index in [1.807, 2.05) is 0 Å². The zero-order valence-corrected chi connectivity index (χ0v) is 10.3. The van der Waals surface area contributed by atoms with Gasteiger partial charge in [-0.3, -0.25) is 19.7 Å². The summed E-state index contributed by atoms with van der Waals surface area (Å²) in [4.78, 5) is 31.1. The van der Waals surface area contributed by atoms with Gasteiger partial charge in [0, 0.05) is 17.8 Å². The lowest BCUT2D eigenvalue weighted by atomic mass is 10.2. The summed E-state index contributed by atoms with van der Waals surface area (Å²) in [5, 5.41) is 21.1. The van der Waals surface area contributed by atoms with Crippen LogP contribution in [0.4, 0.5) is 15.8 Å². The second kappa shape index (κ2) is 6.69. The molecule has 0 spiro atoms. The number of amides is 1. The minimum Gasteiger partial charge on any atom is -0.481 e. The van der Waals surface area contributed by atoms with Gasteiger partial charge in [0.1, 0.15) is 0 Å². The molecule has 0 saturated heterocycles. The zero-order valence-electron chi connectivity index (χ0n) is 9.46. The van der Waals surface area contributed by atoms with Gasteiger partial charge in [0.25, 0.3) is 0 Å². The van der Waals surface area contributed by atoms with Gasteiger partial charge in [0.2, 0.25) is 11.7 Å². The van der Waals surface area contributed by atoms with Crippen molar-refractivity contribution in [2.24, 2.45) is 0 Å². The average molecular weight is 288 g/mol. The summed E-state index contributed by atoms with van der Waals surface area (Å²) in [6.07, 6.45) is 0. The topological polar surface area (TPSA) is 110 Å². The van der Waals surface area contributed by atoms with Crippen LogP contribution in [-0.4, -0.2) is 33.4 Å². The molecule has 0 aromatic heterocycles. The number of hydrogen-bond donors (Lipinski definition) is 2. The maximum atomic E-state index is 13.2. The van der Waals surface area contributed by atoms with E-state index >= 15 is 0 Å². The Morgan fingerprint density at radius 3 is 2.63 bits per heavy atom. The van der Waals surface area contributed by atoms with Crippen LogP contribution in [0.25, 0.3) is 0 Å². The quantitative estimate of drug-likeness (QED) is 0.606. The molecule has 0 aliphatic carbocycles. The number of nitrogens with one attached hydrogen (secondary N) is 1. The minimum absolute atomic E-state index is 0.0732. The number of carboxylic acid groups (broad SMARTS) is 1. The monoisotopic (exact) mass is 288 g/mol. The summed E-state index contributed by atoms with van der Waals surface area (Å²) in [5.41, 5.74) is -0.609. The molecule has 1 amide bonds. The first-order valence-electron chi connectivity index (χ1n) is 4.93. The zero-order chi connectivity index (χ0) is 14.4. The standard InChI is InChI=1S/C10H9FN2O5S/c11-7-3-6(1-2-8(7)13(17)18)12-9(14)4-19-5-10(15)16/h1-3H,4-5H2,(H,12,14)(H,15,16). The molecule has 0 fully saturated rings. The van der Waals surface area contributed by atoms with Crippen molar-refractivity contribution < 1.29 is 24.0 Å². The number of carbonyl (C=O) groups excluding carboxylic acids is 1. The third-order valence-electron chi connectivity index (χ3n) is 1.89. The van der Waals surface area contributed by atoms with E-state index in [1.54, 1.807) is 0 Å². The summed E-state index contributed by atoms with van der Waals surface area (Å²) in [6.45, 7) is 0. The fourth-order valence-corrected chi connectivity index (χ4v) is 1.70. The normalized spacial score (nSPS) is 9.95. The van der Waals surface area contributed by atoms with Crippen molar-refractivity contribution in [3.05, 3.63) is 34.1 Å². The molecule has 0 radical (unpaired) electrons. The van der Waals surface area contributed by atoms with E-state index in [9.17, 15) is 24.1 Å². The van der Waals surface area contributed by atoms with Crippen LogP contribution in [0, 0.1) is 15.9 Å². The van der Waals surface area contributed by atoms with Crippen molar-refractivity contribution in [2.45, 2.75) is 0 Å². The fourth-order valence-electron chi connectivity index (χ4n) is 1.16. The highest BCUT2D eigenvalue weighted by Crippen LogP contribution is 2.20. The number of aliphatic carboxylic acids is 1. The number of benzene rings is 1. The molecule has 19 heavy (non-hydrogen) atoms. The molecule has 0 heterocycles. The van der Waals surface area contributed by atoms with Crippen molar-refractivity contribution in [3.8, 4) is 0 Å². The number of carbonyl (C=O) groups is 2. The smallest absolute Gasteiger partial charge is 0.313 e. The third kappa shape index (κ3) is 4.92. The third-order valence-corrected chi connectivity index (χ3v) is 2.80. The minimum atomic E-state index is -1.05. The first-order chi connectivity index (χ1) is 8.90. The van der Waals surface area contributed by atoms with Crippen LogP contribution in [0.2, 0.25) is 0 Å².